The van der Waals surface area contributed by atoms with E-state index in [1.807, 2.05) is 0 Å². The molecule has 0 aliphatic heterocycles. The Hall–Kier alpha value is -0.830. The molecule has 48 valence electrons. The highest BCUT2D eigenvalue weighted by Crippen LogP contribution is 2.10. The Labute approximate surface area is 57.2 Å². The average Bonchev–Trinajstić information content (AvgIpc) is 2.12. The maximum atomic E-state index is 10.2. The summed E-state index contributed by atoms with van der Waals surface area (Å²) in [5, 5.41) is 4.14. The zero-order chi connectivity index (χ0) is 6.85. The monoisotopic (exact) mass is 144 g/mol. The molecule has 0 atom stereocenters. The molecular weight excluding hydrogens is 140 g/mol. The Bertz CT molecular complexity index is 211. The van der Waals surface area contributed by atoms with Gasteiger partial charge in [0.1, 0.15) is 5.69 Å². The van der Waals surface area contributed by atoms with Crippen LogP contribution in [0.4, 0.5) is 0 Å². The molecule has 9 heavy (non-hydrogen) atoms. The number of aldehydes is 1. The van der Waals surface area contributed by atoms with Gasteiger partial charge in [0, 0.05) is 7.05 Å². The van der Waals surface area contributed by atoms with Crippen molar-refractivity contribution >= 4 is 17.9 Å². The summed E-state index contributed by atoms with van der Waals surface area (Å²) in [6, 6.07) is 0. The van der Waals surface area contributed by atoms with E-state index in [1.54, 1.807) is 7.05 Å². The Balaban J connectivity index is 3.22. The first-order valence-corrected chi connectivity index (χ1v) is 2.76. The van der Waals surface area contributed by atoms with Crippen molar-refractivity contribution in [3.05, 3.63) is 16.9 Å². The van der Waals surface area contributed by atoms with Gasteiger partial charge < -0.3 is 0 Å². The van der Waals surface area contributed by atoms with Crippen LogP contribution < -0.4 is 0 Å². The zero-order valence-electron chi connectivity index (χ0n) is 4.84. The number of rotatable bonds is 1. The first-order chi connectivity index (χ1) is 4.25. The quantitative estimate of drug-likeness (QED) is 0.549. The second kappa shape index (κ2) is 2.19. The molecule has 0 saturated heterocycles. The van der Waals surface area contributed by atoms with E-state index in [0.717, 1.165) is 0 Å². The fraction of sp³-hybridized carbons (Fsp3) is 0.200. The van der Waals surface area contributed by atoms with Crippen LogP contribution in [0.5, 0.6) is 0 Å². The summed E-state index contributed by atoms with van der Waals surface area (Å²) in [4.78, 5) is 10.2. The van der Waals surface area contributed by atoms with Crippen LogP contribution in [0.25, 0.3) is 0 Å². The number of halogens is 1. The largest absolute Gasteiger partial charge is 0.296 e. The lowest BCUT2D eigenvalue weighted by Crippen LogP contribution is -1.95. The van der Waals surface area contributed by atoms with Crippen LogP contribution in [0.15, 0.2) is 6.20 Å². The summed E-state index contributed by atoms with van der Waals surface area (Å²) in [5.74, 6) is 0. The third-order valence-electron chi connectivity index (χ3n) is 1.05. The highest BCUT2D eigenvalue weighted by Gasteiger charge is 2.01. The minimum absolute atomic E-state index is 0.396. The summed E-state index contributed by atoms with van der Waals surface area (Å²) >= 11 is 5.53. The van der Waals surface area contributed by atoms with E-state index in [2.05, 4.69) is 5.10 Å². The molecular formula is C5H5ClN2O. The van der Waals surface area contributed by atoms with Crippen LogP contribution in [0.1, 0.15) is 10.5 Å². The molecule has 3 nitrogen and oxygen atoms in total. The molecule has 0 radical (unpaired) electrons. The first-order valence-electron chi connectivity index (χ1n) is 2.38. The van der Waals surface area contributed by atoms with Crippen molar-refractivity contribution in [2.24, 2.45) is 7.05 Å². The summed E-state index contributed by atoms with van der Waals surface area (Å²) < 4.78 is 1.43. The second-order valence-corrected chi connectivity index (χ2v) is 2.03. The van der Waals surface area contributed by atoms with Gasteiger partial charge in [0.15, 0.2) is 6.29 Å². The van der Waals surface area contributed by atoms with Crippen LogP contribution in [-0.2, 0) is 7.05 Å². The van der Waals surface area contributed by atoms with Crippen LogP contribution >= 0.6 is 11.6 Å². The lowest BCUT2D eigenvalue weighted by atomic mass is 10.5. The number of carbonyl (C=O) groups excluding carboxylic acids is 1. The van der Waals surface area contributed by atoms with Crippen molar-refractivity contribution in [1.82, 2.24) is 9.78 Å². The average molecular weight is 145 g/mol. The number of hydrogen-bond acceptors (Lipinski definition) is 2. The lowest BCUT2D eigenvalue weighted by Gasteiger charge is -1.88. The summed E-state index contributed by atoms with van der Waals surface area (Å²) in [6.07, 6.45) is 2.11. The molecule has 0 saturated carbocycles. The highest BCUT2D eigenvalue weighted by molar-refractivity contribution is 6.32. The zero-order valence-corrected chi connectivity index (χ0v) is 5.59. The second-order valence-electron chi connectivity index (χ2n) is 1.62. The Morgan fingerprint density at radius 2 is 2.56 bits per heavy atom. The molecule has 0 aliphatic rings. The molecule has 0 aliphatic carbocycles. The molecule has 1 aromatic rings. The maximum absolute atomic E-state index is 10.2. The Morgan fingerprint density at radius 3 is 2.78 bits per heavy atom. The molecule has 0 spiro atoms. The van der Waals surface area contributed by atoms with Crippen LogP contribution in [0.2, 0.25) is 5.02 Å². The molecule has 1 heterocycles. The number of nitrogens with zero attached hydrogens (tertiary/aromatic N) is 2. The van der Waals surface area contributed by atoms with E-state index in [0.29, 0.717) is 17.0 Å². The van der Waals surface area contributed by atoms with Gasteiger partial charge in [0.2, 0.25) is 0 Å². The SMILES string of the molecule is Cn1ncc(Cl)c1C=O. The Kier molecular flexibility index (Phi) is 1.53. The van der Waals surface area contributed by atoms with E-state index in [-0.39, 0.29) is 0 Å². The number of hydrogen-bond donors (Lipinski definition) is 0. The Morgan fingerprint density at radius 1 is 1.89 bits per heavy atom. The van der Waals surface area contributed by atoms with Gasteiger partial charge in [0.05, 0.1) is 11.2 Å². The van der Waals surface area contributed by atoms with Crippen molar-refractivity contribution in [2.75, 3.05) is 0 Å². The van der Waals surface area contributed by atoms with Gasteiger partial charge in [-0.05, 0) is 0 Å². The summed E-state index contributed by atoms with van der Waals surface area (Å²) in [7, 11) is 1.66. The predicted molar refractivity (Wildman–Crippen MR) is 33.6 cm³/mol. The molecule has 0 amide bonds. The molecule has 0 aromatic carbocycles. The van der Waals surface area contributed by atoms with E-state index in [1.165, 1.54) is 10.9 Å². The van der Waals surface area contributed by atoms with Crippen molar-refractivity contribution in [1.29, 1.82) is 0 Å². The summed E-state index contributed by atoms with van der Waals surface area (Å²) in [5.41, 5.74) is 0.414. The number of carbonyl (C=O) groups is 1. The van der Waals surface area contributed by atoms with Gasteiger partial charge in [-0.1, -0.05) is 11.6 Å². The topological polar surface area (TPSA) is 34.9 Å². The molecule has 0 unspecified atom stereocenters. The molecule has 1 aromatic heterocycles. The van der Waals surface area contributed by atoms with Crippen LogP contribution in [-0.4, -0.2) is 16.1 Å². The fourth-order valence-electron chi connectivity index (χ4n) is 0.553. The van der Waals surface area contributed by atoms with Crippen LogP contribution in [0.3, 0.4) is 0 Å². The highest BCUT2D eigenvalue weighted by atomic mass is 35.5. The minimum atomic E-state index is 0.396. The van der Waals surface area contributed by atoms with Gasteiger partial charge >= 0.3 is 0 Å². The van der Waals surface area contributed by atoms with Crippen molar-refractivity contribution in [3.63, 3.8) is 0 Å². The lowest BCUT2D eigenvalue weighted by molar-refractivity contribution is 0.111. The summed E-state index contributed by atoms with van der Waals surface area (Å²) in [6.45, 7) is 0. The molecule has 0 N–H and O–H groups in total. The number of aryl methyl sites for hydroxylation is 1. The normalized spacial score (nSPS) is 9.56. The smallest absolute Gasteiger partial charge is 0.169 e. The first kappa shape index (κ1) is 6.29. The maximum Gasteiger partial charge on any atom is 0.169 e. The van der Waals surface area contributed by atoms with Gasteiger partial charge in [-0.3, -0.25) is 9.48 Å². The van der Waals surface area contributed by atoms with Gasteiger partial charge in [-0.25, -0.2) is 0 Å². The van der Waals surface area contributed by atoms with Crippen molar-refractivity contribution < 1.29 is 4.79 Å². The van der Waals surface area contributed by atoms with Gasteiger partial charge in [-0.15, -0.1) is 0 Å². The van der Waals surface area contributed by atoms with E-state index in [9.17, 15) is 4.79 Å². The molecule has 0 bridgehead atoms. The third-order valence-corrected chi connectivity index (χ3v) is 1.34. The van der Waals surface area contributed by atoms with Gasteiger partial charge in [0.25, 0.3) is 0 Å². The number of aromatic nitrogens is 2. The fourth-order valence-corrected chi connectivity index (χ4v) is 0.763. The van der Waals surface area contributed by atoms with Crippen LogP contribution in [0, 0.1) is 0 Å². The molecule has 0 fully saturated rings. The molecule has 1 rings (SSSR count). The van der Waals surface area contributed by atoms with Gasteiger partial charge in [-0.2, -0.15) is 5.10 Å². The molecule has 4 heteroatoms. The van der Waals surface area contributed by atoms with E-state index < -0.39 is 0 Å². The minimum Gasteiger partial charge on any atom is -0.296 e. The van der Waals surface area contributed by atoms with E-state index >= 15 is 0 Å². The predicted octanol–water partition coefficient (Wildman–Crippen LogP) is 0.886. The van der Waals surface area contributed by atoms with Crippen molar-refractivity contribution in [2.45, 2.75) is 0 Å². The third kappa shape index (κ3) is 0.954. The van der Waals surface area contributed by atoms with E-state index in [4.69, 9.17) is 11.6 Å². The standard InChI is InChI=1S/C5H5ClN2O/c1-8-5(3-9)4(6)2-7-8/h2-3H,1H3. The van der Waals surface area contributed by atoms with Crippen molar-refractivity contribution in [3.8, 4) is 0 Å².